The number of hydrogen-bond acceptors (Lipinski definition) is 2. The zero-order valence-electron chi connectivity index (χ0n) is 12.1. The van der Waals surface area contributed by atoms with Crippen molar-refractivity contribution in [3.05, 3.63) is 71.3 Å². The minimum Gasteiger partial charge on any atom is -0.496 e. The highest BCUT2D eigenvalue weighted by atomic mass is 35.5. The van der Waals surface area contributed by atoms with E-state index >= 15 is 0 Å². The molecule has 3 heteroatoms. The quantitative estimate of drug-likeness (QED) is 0.936. The van der Waals surface area contributed by atoms with Crippen LogP contribution in [0.2, 0.25) is 0 Å². The van der Waals surface area contributed by atoms with Gasteiger partial charge in [0.05, 0.1) is 7.11 Å². The van der Waals surface area contributed by atoms with E-state index < -0.39 is 0 Å². The third-order valence-corrected chi connectivity index (χ3v) is 3.97. The molecule has 1 unspecified atom stereocenters. The van der Waals surface area contributed by atoms with Gasteiger partial charge >= 0.3 is 0 Å². The molecule has 3 rings (SSSR count). The number of methoxy groups -OCH3 is 1. The minimum absolute atomic E-state index is 0. The van der Waals surface area contributed by atoms with Gasteiger partial charge in [-0.1, -0.05) is 48.5 Å². The number of rotatable bonds is 3. The van der Waals surface area contributed by atoms with E-state index in [2.05, 4.69) is 42.5 Å². The second-order valence-electron chi connectivity index (χ2n) is 5.10. The molecule has 0 amide bonds. The maximum Gasteiger partial charge on any atom is 0.122 e. The smallest absolute Gasteiger partial charge is 0.122 e. The second-order valence-corrected chi connectivity index (χ2v) is 5.10. The lowest BCUT2D eigenvalue weighted by Gasteiger charge is -2.25. The molecule has 0 aromatic heterocycles. The maximum absolute atomic E-state index is 5.94. The Bertz CT molecular complexity index is 637. The first-order valence-electron chi connectivity index (χ1n) is 6.95. The zero-order chi connectivity index (χ0) is 13.9. The number of halogens is 1. The number of fused-ring (bicyclic) bond motifs is 1. The summed E-state index contributed by atoms with van der Waals surface area (Å²) in [5.74, 6) is 1.33. The van der Waals surface area contributed by atoms with Crippen molar-refractivity contribution in [2.24, 2.45) is 5.73 Å². The molecule has 0 saturated carbocycles. The van der Waals surface area contributed by atoms with Crippen LogP contribution >= 0.6 is 12.4 Å². The number of ether oxygens (including phenoxy) is 1. The van der Waals surface area contributed by atoms with Crippen LogP contribution in [-0.2, 0) is 6.42 Å². The largest absolute Gasteiger partial charge is 0.496 e. The topological polar surface area (TPSA) is 35.2 Å². The molecule has 2 N–H and O–H groups in total. The molecule has 0 spiro atoms. The molecular formula is C18H20ClNO. The van der Waals surface area contributed by atoms with E-state index in [1.165, 1.54) is 22.3 Å². The Balaban J connectivity index is 0.00000161. The molecule has 0 saturated heterocycles. The molecule has 0 bridgehead atoms. The SMILES string of the molecule is COc1cccc2c1CC(c1ccccc1)C=C2CN.Cl. The number of allylic oxidation sites excluding steroid dienone is 1. The molecule has 1 aliphatic rings. The molecule has 0 heterocycles. The monoisotopic (exact) mass is 301 g/mol. The molecule has 0 radical (unpaired) electrons. The highest BCUT2D eigenvalue weighted by Gasteiger charge is 2.22. The lowest BCUT2D eigenvalue weighted by Crippen LogP contribution is -2.14. The third-order valence-electron chi connectivity index (χ3n) is 3.97. The van der Waals surface area contributed by atoms with Crippen LogP contribution in [0.4, 0.5) is 0 Å². The van der Waals surface area contributed by atoms with Crippen LogP contribution in [0.5, 0.6) is 5.75 Å². The number of nitrogens with two attached hydrogens (primary N) is 1. The first kappa shape index (κ1) is 15.6. The van der Waals surface area contributed by atoms with Gasteiger partial charge in [0, 0.05) is 18.0 Å². The fraction of sp³-hybridized carbons (Fsp3) is 0.222. The van der Waals surface area contributed by atoms with Crippen LogP contribution in [-0.4, -0.2) is 13.7 Å². The van der Waals surface area contributed by atoms with Gasteiger partial charge in [0.25, 0.3) is 0 Å². The summed E-state index contributed by atoms with van der Waals surface area (Å²) in [7, 11) is 1.73. The van der Waals surface area contributed by atoms with Crippen LogP contribution < -0.4 is 10.5 Å². The number of hydrogen-bond donors (Lipinski definition) is 1. The van der Waals surface area contributed by atoms with Gasteiger partial charge in [0.15, 0.2) is 0 Å². The fourth-order valence-corrected chi connectivity index (χ4v) is 2.97. The van der Waals surface area contributed by atoms with Crippen LogP contribution in [0.15, 0.2) is 54.6 Å². The van der Waals surface area contributed by atoms with Crippen molar-refractivity contribution < 1.29 is 4.74 Å². The Morgan fingerprint density at radius 1 is 1.10 bits per heavy atom. The van der Waals surface area contributed by atoms with Gasteiger partial charge in [-0.3, -0.25) is 0 Å². The normalized spacial score (nSPS) is 16.5. The first-order chi connectivity index (χ1) is 9.83. The lowest BCUT2D eigenvalue weighted by atomic mass is 9.81. The standard InChI is InChI=1S/C18H19NO.ClH/c1-20-18-9-5-8-16-15(12-19)10-14(11-17(16)18)13-6-3-2-4-7-13;/h2-10,14H,11-12,19H2,1H3;1H. The van der Waals surface area contributed by atoms with Crippen molar-refractivity contribution in [3.63, 3.8) is 0 Å². The summed E-state index contributed by atoms with van der Waals surface area (Å²) in [6.07, 6.45) is 3.27. The van der Waals surface area contributed by atoms with E-state index in [1.807, 2.05) is 12.1 Å². The van der Waals surface area contributed by atoms with Crippen LogP contribution in [0, 0.1) is 0 Å². The molecule has 2 aromatic carbocycles. The fourth-order valence-electron chi connectivity index (χ4n) is 2.97. The molecule has 21 heavy (non-hydrogen) atoms. The van der Waals surface area contributed by atoms with E-state index in [0.29, 0.717) is 12.5 Å². The lowest BCUT2D eigenvalue weighted by molar-refractivity contribution is 0.408. The zero-order valence-corrected chi connectivity index (χ0v) is 12.9. The highest BCUT2D eigenvalue weighted by Crippen LogP contribution is 2.38. The first-order valence-corrected chi connectivity index (χ1v) is 6.95. The minimum atomic E-state index is 0. The summed E-state index contributed by atoms with van der Waals surface area (Å²) < 4.78 is 5.52. The average Bonchev–Trinajstić information content (AvgIpc) is 2.54. The molecule has 2 aromatic rings. The van der Waals surface area contributed by atoms with Gasteiger partial charge in [0.1, 0.15) is 5.75 Å². The van der Waals surface area contributed by atoms with E-state index in [0.717, 1.165) is 12.2 Å². The molecular weight excluding hydrogens is 282 g/mol. The van der Waals surface area contributed by atoms with Crippen molar-refractivity contribution in [1.82, 2.24) is 0 Å². The van der Waals surface area contributed by atoms with E-state index in [9.17, 15) is 0 Å². The van der Waals surface area contributed by atoms with Crippen LogP contribution in [0.25, 0.3) is 5.57 Å². The van der Waals surface area contributed by atoms with Crippen molar-refractivity contribution in [2.75, 3.05) is 13.7 Å². The Labute approximate surface area is 132 Å². The molecule has 1 aliphatic carbocycles. The Kier molecular flexibility index (Phi) is 5.05. The third kappa shape index (κ3) is 2.97. The maximum atomic E-state index is 5.94. The van der Waals surface area contributed by atoms with E-state index in [-0.39, 0.29) is 12.4 Å². The van der Waals surface area contributed by atoms with Crippen LogP contribution in [0.1, 0.15) is 22.6 Å². The van der Waals surface area contributed by atoms with E-state index in [4.69, 9.17) is 10.5 Å². The molecule has 1 atom stereocenters. The van der Waals surface area contributed by atoms with Crippen LogP contribution in [0.3, 0.4) is 0 Å². The van der Waals surface area contributed by atoms with Gasteiger partial charge in [-0.05, 0) is 29.2 Å². The highest BCUT2D eigenvalue weighted by molar-refractivity contribution is 5.85. The molecule has 0 fully saturated rings. The van der Waals surface area contributed by atoms with Gasteiger partial charge < -0.3 is 10.5 Å². The van der Waals surface area contributed by atoms with E-state index in [1.54, 1.807) is 7.11 Å². The molecule has 2 nitrogen and oxygen atoms in total. The Morgan fingerprint density at radius 3 is 2.52 bits per heavy atom. The summed E-state index contributed by atoms with van der Waals surface area (Å²) in [6.45, 7) is 0.559. The average molecular weight is 302 g/mol. The van der Waals surface area contributed by atoms with Gasteiger partial charge in [0.2, 0.25) is 0 Å². The van der Waals surface area contributed by atoms with Crippen molar-refractivity contribution in [1.29, 1.82) is 0 Å². The Hall–Kier alpha value is -1.77. The van der Waals surface area contributed by atoms with Crippen molar-refractivity contribution in [3.8, 4) is 5.75 Å². The van der Waals surface area contributed by atoms with Gasteiger partial charge in [-0.15, -0.1) is 12.4 Å². The molecule has 110 valence electrons. The van der Waals surface area contributed by atoms with Crippen molar-refractivity contribution in [2.45, 2.75) is 12.3 Å². The predicted octanol–water partition coefficient (Wildman–Crippen LogP) is 3.80. The summed E-state index contributed by atoms with van der Waals surface area (Å²) >= 11 is 0. The van der Waals surface area contributed by atoms with Gasteiger partial charge in [-0.25, -0.2) is 0 Å². The summed E-state index contributed by atoms with van der Waals surface area (Å²) in [4.78, 5) is 0. The number of benzene rings is 2. The van der Waals surface area contributed by atoms with Crippen molar-refractivity contribution >= 4 is 18.0 Å². The summed E-state index contributed by atoms with van der Waals surface area (Å²) in [6, 6.07) is 16.8. The predicted molar refractivity (Wildman–Crippen MR) is 90.2 cm³/mol. The summed E-state index contributed by atoms with van der Waals surface area (Å²) in [5, 5.41) is 0. The second kappa shape index (κ2) is 6.79. The Morgan fingerprint density at radius 2 is 1.86 bits per heavy atom. The van der Waals surface area contributed by atoms with Gasteiger partial charge in [-0.2, -0.15) is 0 Å². The molecule has 0 aliphatic heterocycles. The summed E-state index contributed by atoms with van der Waals surface area (Å²) in [5.41, 5.74) is 11.0.